The van der Waals surface area contributed by atoms with E-state index in [0.717, 1.165) is 5.92 Å². The summed E-state index contributed by atoms with van der Waals surface area (Å²) in [5, 5.41) is 0. The van der Waals surface area contributed by atoms with Crippen LogP contribution in [0.3, 0.4) is 0 Å². The third-order valence-corrected chi connectivity index (χ3v) is 2.61. The molecular weight excluding hydrogens is 180 g/mol. The Morgan fingerprint density at radius 1 is 0.933 bits per heavy atom. The molecular formula is C15H26. The van der Waals surface area contributed by atoms with Crippen LogP contribution in [0.2, 0.25) is 0 Å². The van der Waals surface area contributed by atoms with Crippen molar-refractivity contribution in [1.29, 1.82) is 0 Å². The summed E-state index contributed by atoms with van der Waals surface area (Å²) >= 11 is 0. The molecule has 0 spiro atoms. The van der Waals surface area contributed by atoms with Crippen molar-refractivity contribution in [2.45, 2.75) is 59.8 Å². The largest absolute Gasteiger partial charge is 0.0656 e. The van der Waals surface area contributed by atoms with Gasteiger partial charge in [0.2, 0.25) is 0 Å². The number of hydrogen-bond donors (Lipinski definition) is 0. The fourth-order valence-electron chi connectivity index (χ4n) is 1.77. The maximum atomic E-state index is 2.26. The molecule has 0 atom stereocenters. The van der Waals surface area contributed by atoms with E-state index in [1.54, 1.807) is 0 Å². The molecule has 0 amide bonds. The fraction of sp³-hybridized carbons (Fsp3) is 0.600. The molecule has 0 saturated heterocycles. The van der Waals surface area contributed by atoms with E-state index >= 15 is 0 Å². The third-order valence-electron chi connectivity index (χ3n) is 2.61. The quantitative estimate of drug-likeness (QED) is 0.628. The Kier molecular flexibility index (Phi) is 8.08. The minimum atomic E-state index is 0.756. The first-order valence-electron chi connectivity index (χ1n) is 6.26. The van der Waals surface area contributed by atoms with E-state index in [1.165, 1.54) is 30.4 Å². The number of aryl methyl sites for hydroxylation is 1. The molecule has 0 fully saturated rings. The zero-order chi connectivity index (χ0) is 11.7. The van der Waals surface area contributed by atoms with Gasteiger partial charge in [0.05, 0.1) is 0 Å². The third kappa shape index (κ3) is 5.01. The van der Waals surface area contributed by atoms with E-state index in [2.05, 4.69) is 58.9 Å². The van der Waals surface area contributed by atoms with E-state index in [0.29, 0.717) is 0 Å². The van der Waals surface area contributed by atoms with Crippen LogP contribution in [0.1, 0.15) is 64.0 Å². The van der Waals surface area contributed by atoms with Gasteiger partial charge in [-0.05, 0) is 36.8 Å². The topological polar surface area (TPSA) is 0 Å². The van der Waals surface area contributed by atoms with Crippen molar-refractivity contribution in [2.75, 3.05) is 0 Å². The number of rotatable bonds is 3. The highest BCUT2D eigenvalue weighted by Crippen LogP contribution is 2.25. The molecule has 0 nitrogen and oxygen atoms in total. The van der Waals surface area contributed by atoms with Crippen molar-refractivity contribution >= 4 is 0 Å². The van der Waals surface area contributed by atoms with E-state index in [1.807, 2.05) is 0 Å². The van der Waals surface area contributed by atoms with Crippen LogP contribution >= 0.6 is 0 Å². The minimum Gasteiger partial charge on any atom is -0.0656 e. The normalized spacial score (nSPS) is 9.73. The number of benzene rings is 1. The Bertz CT molecular complexity index is 246. The summed E-state index contributed by atoms with van der Waals surface area (Å²) in [6.07, 6.45) is 3.75. The van der Waals surface area contributed by atoms with Gasteiger partial charge in [0.15, 0.2) is 0 Å². The van der Waals surface area contributed by atoms with Gasteiger partial charge in [-0.25, -0.2) is 0 Å². The predicted octanol–water partition coefficient (Wildman–Crippen LogP) is 5.31. The average molecular weight is 206 g/mol. The predicted molar refractivity (Wildman–Crippen MR) is 70.5 cm³/mol. The standard InChI is InChI=1S/C12H18.C3H8/c1-4-11(5-2)12-9-7-6-8-10(12)3;1-3-2/h6-9,11H,4-5H2,1-3H3;3H2,1-2H3. The first-order valence-corrected chi connectivity index (χ1v) is 6.26. The number of hydrogen-bond acceptors (Lipinski definition) is 0. The van der Waals surface area contributed by atoms with E-state index in [9.17, 15) is 0 Å². The Labute approximate surface area is 95.7 Å². The molecule has 0 aromatic heterocycles. The molecule has 0 bridgehead atoms. The molecule has 15 heavy (non-hydrogen) atoms. The second kappa shape index (κ2) is 8.52. The van der Waals surface area contributed by atoms with Gasteiger partial charge in [-0.1, -0.05) is 58.4 Å². The molecule has 0 saturated carbocycles. The van der Waals surface area contributed by atoms with Gasteiger partial charge < -0.3 is 0 Å². The summed E-state index contributed by atoms with van der Waals surface area (Å²) in [6.45, 7) is 11.0. The molecule has 0 unspecified atom stereocenters. The molecule has 0 aliphatic carbocycles. The minimum absolute atomic E-state index is 0.756. The molecule has 0 radical (unpaired) electrons. The lowest BCUT2D eigenvalue weighted by Gasteiger charge is -2.14. The van der Waals surface area contributed by atoms with Gasteiger partial charge in [0.25, 0.3) is 0 Å². The van der Waals surface area contributed by atoms with Gasteiger partial charge in [-0.2, -0.15) is 0 Å². The highest BCUT2D eigenvalue weighted by Gasteiger charge is 2.07. The Morgan fingerprint density at radius 3 is 1.80 bits per heavy atom. The van der Waals surface area contributed by atoms with Gasteiger partial charge >= 0.3 is 0 Å². The van der Waals surface area contributed by atoms with Crippen LogP contribution in [0.5, 0.6) is 0 Å². The first kappa shape index (κ1) is 14.2. The van der Waals surface area contributed by atoms with E-state index < -0.39 is 0 Å². The SMILES string of the molecule is CCC.CCC(CC)c1ccccc1C. The van der Waals surface area contributed by atoms with Gasteiger partial charge in [0, 0.05) is 0 Å². The summed E-state index contributed by atoms with van der Waals surface area (Å²) in [5.74, 6) is 0.756. The summed E-state index contributed by atoms with van der Waals surface area (Å²) in [4.78, 5) is 0. The maximum absolute atomic E-state index is 2.26. The monoisotopic (exact) mass is 206 g/mol. The second-order valence-electron chi connectivity index (χ2n) is 4.08. The fourth-order valence-corrected chi connectivity index (χ4v) is 1.77. The van der Waals surface area contributed by atoms with E-state index in [4.69, 9.17) is 0 Å². The van der Waals surface area contributed by atoms with E-state index in [-0.39, 0.29) is 0 Å². The first-order chi connectivity index (χ1) is 7.21. The Hall–Kier alpha value is -0.780. The zero-order valence-electron chi connectivity index (χ0n) is 11.0. The lowest BCUT2D eigenvalue weighted by atomic mass is 9.91. The van der Waals surface area contributed by atoms with Crippen LogP contribution in [-0.4, -0.2) is 0 Å². The van der Waals surface area contributed by atoms with Crippen molar-refractivity contribution in [3.63, 3.8) is 0 Å². The van der Waals surface area contributed by atoms with Crippen molar-refractivity contribution in [3.05, 3.63) is 35.4 Å². The van der Waals surface area contributed by atoms with Crippen molar-refractivity contribution in [2.24, 2.45) is 0 Å². The molecule has 1 aromatic carbocycles. The summed E-state index contributed by atoms with van der Waals surface area (Å²) in [5.41, 5.74) is 2.97. The molecule has 0 aliphatic rings. The van der Waals surface area contributed by atoms with Crippen LogP contribution < -0.4 is 0 Å². The van der Waals surface area contributed by atoms with Gasteiger partial charge in [0.1, 0.15) is 0 Å². The summed E-state index contributed by atoms with van der Waals surface area (Å²) < 4.78 is 0. The van der Waals surface area contributed by atoms with Gasteiger partial charge in [-0.15, -0.1) is 0 Å². The molecule has 1 rings (SSSR count). The van der Waals surface area contributed by atoms with Crippen LogP contribution in [0.4, 0.5) is 0 Å². The van der Waals surface area contributed by atoms with Crippen LogP contribution in [0.25, 0.3) is 0 Å². The molecule has 0 heterocycles. The smallest absolute Gasteiger partial charge is 0.0165 e. The summed E-state index contributed by atoms with van der Waals surface area (Å²) in [6, 6.07) is 8.71. The van der Waals surface area contributed by atoms with Crippen LogP contribution in [0.15, 0.2) is 24.3 Å². The summed E-state index contributed by atoms with van der Waals surface area (Å²) in [7, 11) is 0. The second-order valence-corrected chi connectivity index (χ2v) is 4.08. The van der Waals surface area contributed by atoms with Crippen molar-refractivity contribution in [1.82, 2.24) is 0 Å². The van der Waals surface area contributed by atoms with Gasteiger partial charge in [-0.3, -0.25) is 0 Å². The van der Waals surface area contributed by atoms with Crippen LogP contribution in [0, 0.1) is 6.92 Å². The Morgan fingerprint density at radius 2 is 1.40 bits per heavy atom. The molecule has 0 aliphatic heterocycles. The maximum Gasteiger partial charge on any atom is -0.0165 e. The molecule has 1 aromatic rings. The molecule has 0 heteroatoms. The molecule has 0 N–H and O–H groups in total. The highest BCUT2D eigenvalue weighted by atomic mass is 14.1. The average Bonchev–Trinajstić information content (AvgIpc) is 2.24. The zero-order valence-corrected chi connectivity index (χ0v) is 11.0. The molecule has 86 valence electrons. The highest BCUT2D eigenvalue weighted by molar-refractivity contribution is 5.28. The van der Waals surface area contributed by atoms with Crippen molar-refractivity contribution < 1.29 is 0 Å². The van der Waals surface area contributed by atoms with Crippen LogP contribution in [-0.2, 0) is 0 Å². The Balaban J connectivity index is 0.000000583. The van der Waals surface area contributed by atoms with Crippen molar-refractivity contribution in [3.8, 4) is 0 Å². The lowest BCUT2D eigenvalue weighted by molar-refractivity contribution is 0.638. The lowest BCUT2D eigenvalue weighted by Crippen LogP contribution is -1.97.